The van der Waals surface area contributed by atoms with Crippen molar-refractivity contribution in [1.82, 2.24) is 0 Å². The van der Waals surface area contributed by atoms with Crippen molar-refractivity contribution >= 4 is 0 Å². The van der Waals surface area contributed by atoms with Gasteiger partial charge in [-0.05, 0) is 18.8 Å². The zero-order chi connectivity index (χ0) is 9.68. The highest BCUT2D eigenvalue weighted by molar-refractivity contribution is 4.97. The van der Waals surface area contributed by atoms with Crippen LogP contribution in [-0.2, 0) is 4.74 Å². The number of rotatable bonds is 4. The van der Waals surface area contributed by atoms with Gasteiger partial charge < -0.3 is 4.74 Å². The van der Waals surface area contributed by atoms with E-state index in [4.69, 9.17) is 4.74 Å². The summed E-state index contributed by atoms with van der Waals surface area (Å²) in [5.74, 6) is 0.612. The Bertz CT molecular complexity index is 161. The van der Waals surface area contributed by atoms with Crippen LogP contribution in [0.4, 0.5) is 0 Å². The molecule has 0 aromatic rings. The van der Waals surface area contributed by atoms with Crippen LogP contribution in [0.1, 0.15) is 46.5 Å². The Labute approximate surface area is 82.2 Å². The molecule has 0 unspecified atom stereocenters. The highest BCUT2D eigenvalue weighted by Gasteiger charge is 2.19. The maximum Gasteiger partial charge on any atom is 0.0782 e. The predicted octanol–water partition coefficient (Wildman–Crippen LogP) is 3.55. The minimum absolute atomic E-state index is 0.357. The highest BCUT2D eigenvalue weighted by atomic mass is 16.5. The quantitative estimate of drug-likeness (QED) is 0.604. The molecule has 1 nitrogen and oxygen atoms in total. The summed E-state index contributed by atoms with van der Waals surface area (Å²) >= 11 is 0. The Hall–Kier alpha value is -0.300. The minimum atomic E-state index is 0.357. The van der Waals surface area contributed by atoms with Gasteiger partial charge in [-0.3, -0.25) is 0 Å². The molecule has 0 aromatic heterocycles. The van der Waals surface area contributed by atoms with Gasteiger partial charge in [0.05, 0.1) is 12.2 Å². The molecule has 0 aliphatic carbocycles. The van der Waals surface area contributed by atoms with Crippen LogP contribution in [0.25, 0.3) is 0 Å². The third-order valence-electron chi connectivity index (χ3n) is 2.61. The summed E-state index contributed by atoms with van der Waals surface area (Å²) < 4.78 is 5.96. The average Bonchev–Trinajstić information content (AvgIpc) is 2.15. The number of ether oxygens (including phenoxy) is 1. The van der Waals surface area contributed by atoms with Crippen LogP contribution in [0.5, 0.6) is 0 Å². The van der Waals surface area contributed by atoms with Gasteiger partial charge in [-0.25, -0.2) is 0 Å². The summed E-state index contributed by atoms with van der Waals surface area (Å²) in [5.41, 5.74) is 0. The Morgan fingerprint density at radius 2 is 2.23 bits per heavy atom. The molecule has 0 saturated carbocycles. The number of unbranched alkanes of at least 4 members (excludes halogenated alkanes) is 1. The topological polar surface area (TPSA) is 9.23 Å². The molecule has 0 spiro atoms. The van der Waals surface area contributed by atoms with Crippen molar-refractivity contribution in [2.24, 2.45) is 5.92 Å². The second-order valence-corrected chi connectivity index (χ2v) is 4.27. The van der Waals surface area contributed by atoms with Gasteiger partial charge in [0.2, 0.25) is 0 Å². The molecular weight excluding hydrogens is 160 g/mol. The van der Waals surface area contributed by atoms with Gasteiger partial charge in [-0.1, -0.05) is 45.8 Å². The molecule has 0 saturated heterocycles. The van der Waals surface area contributed by atoms with E-state index in [2.05, 4.69) is 32.9 Å². The van der Waals surface area contributed by atoms with Crippen molar-refractivity contribution < 1.29 is 4.74 Å². The first-order valence-electron chi connectivity index (χ1n) is 5.56. The maximum absolute atomic E-state index is 5.96. The van der Waals surface area contributed by atoms with Crippen LogP contribution in [0.2, 0.25) is 0 Å². The summed E-state index contributed by atoms with van der Waals surface area (Å²) in [7, 11) is 0. The summed E-state index contributed by atoms with van der Waals surface area (Å²) in [5, 5.41) is 0. The van der Waals surface area contributed by atoms with E-state index in [-0.39, 0.29) is 0 Å². The lowest BCUT2D eigenvalue weighted by Gasteiger charge is -2.28. The summed E-state index contributed by atoms with van der Waals surface area (Å²) in [6.45, 7) is 6.67. The minimum Gasteiger partial charge on any atom is -0.370 e. The molecular formula is C12H22O. The maximum atomic E-state index is 5.96. The normalized spacial score (nSPS) is 28.3. The second-order valence-electron chi connectivity index (χ2n) is 4.27. The van der Waals surface area contributed by atoms with Gasteiger partial charge in [0.15, 0.2) is 0 Å². The molecule has 1 rings (SSSR count). The van der Waals surface area contributed by atoms with Crippen LogP contribution in [0, 0.1) is 5.92 Å². The fourth-order valence-electron chi connectivity index (χ4n) is 1.68. The van der Waals surface area contributed by atoms with E-state index in [1.165, 1.54) is 19.3 Å². The smallest absolute Gasteiger partial charge is 0.0782 e. The Balaban J connectivity index is 2.32. The lowest BCUT2D eigenvalue weighted by atomic mass is 10.0. The molecule has 0 fully saturated rings. The predicted molar refractivity (Wildman–Crippen MR) is 56.8 cm³/mol. The molecule has 1 aliphatic heterocycles. The van der Waals surface area contributed by atoms with Gasteiger partial charge in [0.25, 0.3) is 0 Å². The monoisotopic (exact) mass is 182 g/mol. The SMILES string of the molecule is CCCC[C@H]1CC=C[C@@H](C(C)C)O1. The van der Waals surface area contributed by atoms with Gasteiger partial charge in [0.1, 0.15) is 0 Å². The van der Waals surface area contributed by atoms with Crippen molar-refractivity contribution in [2.75, 3.05) is 0 Å². The third-order valence-corrected chi connectivity index (χ3v) is 2.61. The van der Waals surface area contributed by atoms with Gasteiger partial charge >= 0.3 is 0 Å². The van der Waals surface area contributed by atoms with Crippen LogP contribution in [-0.4, -0.2) is 12.2 Å². The first kappa shape index (κ1) is 10.8. The largest absolute Gasteiger partial charge is 0.370 e. The number of hydrogen-bond acceptors (Lipinski definition) is 1. The lowest BCUT2D eigenvalue weighted by molar-refractivity contribution is -0.0206. The fourth-order valence-corrected chi connectivity index (χ4v) is 1.68. The lowest BCUT2D eigenvalue weighted by Crippen LogP contribution is -2.27. The highest BCUT2D eigenvalue weighted by Crippen LogP contribution is 2.21. The molecule has 2 atom stereocenters. The van der Waals surface area contributed by atoms with Gasteiger partial charge in [-0.2, -0.15) is 0 Å². The van der Waals surface area contributed by atoms with Crippen molar-refractivity contribution in [1.29, 1.82) is 0 Å². The van der Waals surface area contributed by atoms with Crippen molar-refractivity contribution in [3.63, 3.8) is 0 Å². The molecule has 0 aromatic carbocycles. The molecule has 76 valence electrons. The summed E-state index contributed by atoms with van der Waals surface area (Å²) in [6, 6.07) is 0. The molecule has 0 radical (unpaired) electrons. The van der Waals surface area contributed by atoms with E-state index < -0.39 is 0 Å². The molecule has 1 heteroatoms. The Kier molecular flexibility index (Phi) is 4.51. The molecule has 0 amide bonds. The van der Waals surface area contributed by atoms with Crippen molar-refractivity contribution in [2.45, 2.75) is 58.7 Å². The molecule has 13 heavy (non-hydrogen) atoms. The zero-order valence-electron chi connectivity index (χ0n) is 9.12. The van der Waals surface area contributed by atoms with Crippen LogP contribution >= 0.6 is 0 Å². The van der Waals surface area contributed by atoms with E-state index in [0.717, 1.165) is 6.42 Å². The van der Waals surface area contributed by atoms with E-state index in [1.54, 1.807) is 0 Å². The Morgan fingerprint density at radius 3 is 2.85 bits per heavy atom. The van der Waals surface area contributed by atoms with Crippen molar-refractivity contribution in [3.8, 4) is 0 Å². The van der Waals surface area contributed by atoms with E-state index in [9.17, 15) is 0 Å². The van der Waals surface area contributed by atoms with E-state index in [0.29, 0.717) is 18.1 Å². The first-order valence-corrected chi connectivity index (χ1v) is 5.56. The van der Waals surface area contributed by atoms with E-state index >= 15 is 0 Å². The fraction of sp³-hybridized carbons (Fsp3) is 0.833. The summed E-state index contributed by atoms with van der Waals surface area (Å²) in [6.07, 6.45) is 10.3. The standard InChI is InChI=1S/C12H22O/c1-4-5-7-11-8-6-9-12(13-11)10(2)3/h6,9-12H,4-5,7-8H2,1-3H3/t11-,12-/m0/s1. The number of hydrogen-bond donors (Lipinski definition) is 0. The molecule has 1 heterocycles. The second kappa shape index (κ2) is 5.43. The van der Waals surface area contributed by atoms with Gasteiger partial charge in [-0.15, -0.1) is 0 Å². The van der Waals surface area contributed by atoms with E-state index in [1.807, 2.05) is 0 Å². The van der Waals surface area contributed by atoms with Crippen LogP contribution in [0.3, 0.4) is 0 Å². The zero-order valence-corrected chi connectivity index (χ0v) is 9.12. The summed E-state index contributed by atoms with van der Waals surface area (Å²) in [4.78, 5) is 0. The first-order chi connectivity index (χ1) is 6.24. The van der Waals surface area contributed by atoms with Crippen molar-refractivity contribution in [3.05, 3.63) is 12.2 Å². The molecule has 0 N–H and O–H groups in total. The van der Waals surface area contributed by atoms with Gasteiger partial charge in [0, 0.05) is 0 Å². The van der Waals surface area contributed by atoms with Crippen LogP contribution < -0.4 is 0 Å². The average molecular weight is 182 g/mol. The third kappa shape index (κ3) is 3.51. The molecule has 0 bridgehead atoms. The Morgan fingerprint density at radius 1 is 1.46 bits per heavy atom. The van der Waals surface area contributed by atoms with Crippen LogP contribution in [0.15, 0.2) is 12.2 Å². The molecule has 1 aliphatic rings.